The Bertz CT molecular complexity index is 1190. The average Bonchev–Trinajstić information content (AvgIpc) is 3.28. The van der Waals surface area contributed by atoms with Crippen LogP contribution >= 0.6 is 0 Å². The molecule has 0 bridgehead atoms. The standard InChI is InChI=1S/C21H16F7N5O2/c22-15-4-5-16(17(23)10-15)19(34,12-33-13-30-31-32-33)21(27,28)18-6-3-14(11-29-18)2-1-8-35-9-7-20(24,25)26/h3-6,10-11,13,34H,7-9,12H2. The lowest BCUT2D eigenvalue weighted by Gasteiger charge is -2.35. The molecule has 1 N–H and O–H groups in total. The lowest BCUT2D eigenvalue weighted by atomic mass is 9.84. The van der Waals surface area contributed by atoms with Crippen molar-refractivity contribution in [2.45, 2.75) is 30.7 Å². The van der Waals surface area contributed by atoms with Crippen LogP contribution in [0.1, 0.15) is 23.2 Å². The summed E-state index contributed by atoms with van der Waals surface area (Å²) >= 11 is 0. The van der Waals surface area contributed by atoms with E-state index in [0.717, 1.165) is 29.3 Å². The summed E-state index contributed by atoms with van der Waals surface area (Å²) < 4.78 is 101. The monoisotopic (exact) mass is 503 g/mol. The van der Waals surface area contributed by atoms with Crippen LogP contribution in [0.3, 0.4) is 0 Å². The molecule has 0 aliphatic heterocycles. The van der Waals surface area contributed by atoms with Crippen molar-refractivity contribution in [2.75, 3.05) is 13.2 Å². The smallest absolute Gasteiger partial charge is 0.377 e. The van der Waals surface area contributed by atoms with E-state index in [-0.39, 0.29) is 12.2 Å². The van der Waals surface area contributed by atoms with Crippen molar-refractivity contribution in [1.82, 2.24) is 25.2 Å². The van der Waals surface area contributed by atoms with Gasteiger partial charge in [-0.3, -0.25) is 4.98 Å². The van der Waals surface area contributed by atoms with Crippen LogP contribution in [0.15, 0.2) is 42.9 Å². The number of benzene rings is 1. The number of tetrazole rings is 1. The SMILES string of the molecule is OC(Cn1cnnn1)(c1ccc(F)cc1F)C(F)(F)c1ccc(C#CCOCCC(F)(F)F)cn1. The van der Waals surface area contributed by atoms with Gasteiger partial charge in [0.15, 0.2) is 5.60 Å². The summed E-state index contributed by atoms with van der Waals surface area (Å²) in [6, 6.07) is 3.69. The van der Waals surface area contributed by atoms with Crippen molar-refractivity contribution in [3.05, 3.63) is 71.3 Å². The van der Waals surface area contributed by atoms with Gasteiger partial charge in [0.05, 0.1) is 19.6 Å². The van der Waals surface area contributed by atoms with Crippen molar-refractivity contribution in [2.24, 2.45) is 0 Å². The van der Waals surface area contributed by atoms with E-state index in [1.165, 1.54) is 0 Å². The highest BCUT2D eigenvalue weighted by Gasteiger charge is 2.57. The van der Waals surface area contributed by atoms with Crippen LogP contribution in [0, 0.1) is 23.5 Å². The Morgan fingerprint density at radius 3 is 2.43 bits per heavy atom. The van der Waals surface area contributed by atoms with E-state index in [9.17, 15) is 27.1 Å². The first-order valence-corrected chi connectivity index (χ1v) is 9.79. The number of aliphatic hydroxyl groups is 1. The number of aromatic nitrogens is 5. The zero-order valence-corrected chi connectivity index (χ0v) is 17.6. The first kappa shape index (κ1) is 26.0. The second-order valence-corrected chi connectivity index (χ2v) is 7.22. The minimum atomic E-state index is -4.36. The predicted molar refractivity (Wildman–Crippen MR) is 105 cm³/mol. The maximum Gasteiger partial charge on any atom is 0.391 e. The third-order valence-corrected chi connectivity index (χ3v) is 4.70. The molecule has 0 aliphatic rings. The van der Waals surface area contributed by atoms with Gasteiger partial charge in [-0.15, -0.1) is 5.10 Å². The molecule has 1 unspecified atom stereocenters. The lowest BCUT2D eigenvalue weighted by molar-refractivity contribution is -0.207. The Kier molecular flexibility index (Phi) is 7.71. The van der Waals surface area contributed by atoms with Crippen LogP contribution in [0.25, 0.3) is 0 Å². The molecule has 2 heterocycles. The molecule has 0 aliphatic carbocycles. The fourth-order valence-electron chi connectivity index (χ4n) is 2.98. The first-order chi connectivity index (χ1) is 16.4. The maximum atomic E-state index is 15.6. The zero-order valence-electron chi connectivity index (χ0n) is 17.6. The molecule has 1 aromatic carbocycles. The van der Waals surface area contributed by atoms with Crippen LogP contribution in [0.4, 0.5) is 30.7 Å². The van der Waals surface area contributed by atoms with Crippen LogP contribution in [-0.2, 0) is 22.8 Å². The van der Waals surface area contributed by atoms with Gasteiger partial charge in [0.2, 0.25) is 0 Å². The van der Waals surface area contributed by atoms with E-state index in [4.69, 9.17) is 4.74 Å². The normalized spacial score (nSPS) is 13.7. The second-order valence-electron chi connectivity index (χ2n) is 7.22. The fraction of sp³-hybridized carbons (Fsp3) is 0.333. The molecule has 0 amide bonds. The van der Waals surface area contributed by atoms with Crippen molar-refractivity contribution in [3.63, 3.8) is 0 Å². The minimum absolute atomic E-state index is 0.126. The number of nitrogens with zero attached hydrogens (tertiary/aromatic N) is 5. The molecular formula is C21H16F7N5O2. The van der Waals surface area contributed by atoms with Gasteiger partial charge in [0.1, 0.15) is 30.3 Å². The number of ether oxygens (including phenoxy) is 1. The molecule has 1 atom stereocenters. The van der Waals surface area contributed by atoms with Gasteiger partial charge in [0, 0.05) is 23.4 Å². The van der Waals surface area contributed by atoms with Crippen molar-refractivity contribution in [3.8, 4) is 11.8 Å². The van der Waals surface area contributed by atoms with Gasteiger partial charge < -0.3 is 9.84 Å². The van der Waals surface area contributed by atoms with Gasteiger partial charge in [-0.1, -0.05) is 11.8 Å². The van der Waals surface area contributed by atoms with Gasteiger partial charge in [-0.2, -0.15) is 22.0 Å². The molecule has 0 radical (unpaired) electrons. The molecule has 3 aromatic rings. The topological polar surface area (TPSA) is 86.0 Å². The molecule has 14 heteroatoms. The quantitative estimate of drug-likeness (QED) is 0.288. The minimum Gasteiger partial charge on any atom is -0.377 e. The molecule has 2 aromatic heterocycles. The third kappa shape index (κ3) is 6.31. The van der Waals surface area contributed by atoms with Gasteiger partial charge >= 0.3 is 12.1 Å². The van der Waals surface area contributed by atoms with Crippen LogP contribution in [-0.4, -0.2) is 49.7 Å². The second kappa shape index (κ2) is 10.4. The first-order valence-electron chi connectivity index (χ1n) is 9.79. The molecule has 3 rings (SSSR count). The third-order valence-electron chi connectivity index (χ3n) is 4.70. The highest BCUT2D eigenvalue weighted by Crippen LogP contribution is 2.46. The Hall–Kier alpha value is -3.57. The van der Waals surface area contributed by atoms with E-state index in [1.807, 2.05) is 0 Å². The molecular weight excluding hydrogens is 487 g/mol. The average molecular weight is 503 g/mol. The Morgan fingerprint density at radius 1 is 1.06 bits per heavy atom. The number of hydrogen-bond donors (Lipinski definition) is 1. The molecule has 0 spiro atoms. The summed E-state index contributed by atoms with van der Waals surface area (Å²) in [5, 5.41) is 21.1. The van der Waals surface area contributed by atoms with Crippen LogP contribution < -0.4 is 0 Å². The molecule has 186 valence electrons. The maximum absolute atomic E-state index is 15.6. The number of halogens is 7. The largest absolute Gasteiger partial charge is 0.391 e. The van der Waals surface area contributed by atoms with Crippen molar-refractivity contribution < 1.29 is 40.6 Å². The van der Waals surface area contributed by atoms with Gasteiger partial charge in [-0.25, -0.2) is 13.5 Å². The molecule has 0 saturated heterocycles. The number of rotatable bonds is 8. The number of alkyl halides is 5. The summed E-state index contributed by atoms with van der Waals surface area (Å²) in [6.45, 7) is -1.92. The Labute approximate surface area is 193 Å². The Morgan fingerprint density at radius 2 is 1.83 bits per heavy atom. The summed E-state index contributed by atoms with van der Waals surface area (Å²) in [4.78, 5) is 3.61. The van der Waals surface area contributed by atoms with Gasteiger partial charge in [-0.05, 0) is 34.7 Å². The molecule has 7 nitrogen and oxygen atoms in total. The molecule has 0 saturated carbocycles. The summed E-state index contributed by atoms with van der Waals surface area (Å²) in [5.41, 5.74) is -5.04. The summed E-state index contributed by atoms with van der Waals surface area (Å²) in [6.07, 6.45) is -3.64. The predicted octanol–water partition coefficient (Wildman–Crippen LogP) is 3.35. The van der Waals surface area contributed by atoms with Crippen molar-refractivity contribution >= 4 is 0 Å². The number of hydrogen-bond acceptors (Lipinski definition) is 6. The number of pyridine rings is 1. The van der Waals surface area contributed by atoms with Crippen LogP contribution in [0.2, 0.25) is 0 Å². The van der Waals surface area contributed by atoms with E-state index in [0.29, 0.717) is 18.2 Å². The lowest BCUT2D eigenvalue weighted by Crippen LogP contribution is -2.48. The highest BCUT2D eigenvalue weighted by atomic mass is 19.4. The molecule has 35 heavy (non-hydrogen) atoms. The Balaban J connectivity index is 1.84. The van der Waals surface area contributed by atoms with Crippen LogP contribution in [0.5, 0.6) is 0 Å². The van der Waals surface area contributed by atoms with E-state index in [2.05, 4.69) is 32.4 Å². The fourth-order valence-corrected chi connectivity index (χ4v) is 2.98. The highest BCUT2D eigenvalue weighted by molar-refractivity contribution is 5.36. The van der Waals surface area contributed by atoms with E-state index in [1.54, 1.807) is 0 Å². The van der Waals surface area contributed by atoms with E-state index < -0.39 is 60.2 Å². The van der Waals surface area contributed by atoms with E-state index >= 15 is 8.78 Å². The van der Waals surface area contributed by atoms with Crippen molar-refractivity contribution in [1.29, 1.82) is 0 Å². The summed E-state index contributed by atoms with van der Waals surface area (Å²) in [7, 11) is 0. The zero-order chi connectivity index (χ0) is 25.7. The van der Waals surface area contributed by atoms with Gasteiger partial charge in [0.25, 0.3) is 0 Å². The molecule has 0 fully saturated rings. The summed E-state index contributed by atoms with van der Waals surface area (Å²) in [5.74, 6) is -1.79.